The molecule has 0 aromatic heterocycles. The van der Waals surface area contributed by atoms with Crippen LogP contribution in [0, 0.1) is 0 Å². The van der Waals surface area contributed by atoms with Crippen molar-refractivity contribution in [2.24, 2.45) is 0 Å². The number of benzene rings is 2. The van der Waals surface area contributed by atoms with Gasteiger partial charge in [0.15, 0.2) is 11.5 Å². The first kappa shape index (κ1) is 14.9. The maximum Gasteiger partial charge on any atom is 0.310 e. The summed E-state index contributed by atoms with van der Waals surface area (Å²) in [4.78, 5) is 10.9. The van der Waals surface area contributed by atoms with E-state index in [0.29, 0.717) is 18.1 Å². The molecule has 0 aliphatic carbocycles. The topological polar surface area (TPSA) is 55.8 Å². The molecule has 1 unspecified atom stereocenters. The van der Waals surface area contributed by atoms with E-state index in [1.165, 1.54) is 0 Å². The summed E-state index contributed by atoms with van der Waals surface area (Å²) in [7, 11) is 1.60. The summed E-state index contributed by atoms with van der Waals surface area (Å²) < 4.78 is 10.9. The minimum Gasteiger partial charge on any atom is -0.493 e. The van der Waals surface area contributed by atoms with Gasteiger partial charge in [0.1, 0.15) is 6.61 Å². The third-order valence-corrected chi connectivity index (χ3v) is 3.31. The summed E-state index contributed by atoms with van der Waals surface area (Å²) in [6.07, 6.45) is 0. The molecule has 2 rings (SSSR count). The van der Waals surface area contributed by atoms with Gasteiger partial charge in [-0.2, -0.15) is 0 Å². The Labute approximate surface area is 123 Å². The van der Waals surface area contributed by atoms with E-state index in [4.69, 9.17) is 14.6 Å². The molecule has 4 heteroatoms. The van der Waals surface area contributed by atoms with Gasteiger partial charge in [0, 0.05) is 0 Å². The normalized spacial score (nSPS) is 11.7. The Morgan fingerprint density at radius 2 is 1.71 bits per heavy atom. The molecule has 0 fully saturated rings. The van der Waals surface area contributed by atoms with Crippen LogP contribution in [0.2, 0.25) is 0 Å². The molecule has 2 aromatic rings. The lowest BCUT2D eigenvalue weighted by Gasteiger charge is -2.11. The second-order valence-electron chi connectivity index (χ2n) is 4.74. The molecule has 0 saturated heterocycles. The molecule has 0 spiro atoms. The Morgan fingerprint density at radius 3 is 2.29 bits per heavy atom. The predicted molar refractivity (Wildman–Crippen MR) is 79.8 cm³/mol. The van der Waals surface area contributed by atoms with Gasteiger partial charge in [-0.05, 0) is 30.2 Å². The molecule has 1 N–H and O–H groups in total. The first-order chi connectivity index (χ1) is 10.1. The van der Waals surface area contributed by atoms with Crippen molar-refractivity contribution < 1.29 is 19.4 Å². The van der Waals surface area contributed by atoms with Crippen molar-refractivity contribution in [3.05, 3.63) is 59.7 Å². The summed E-state index contributed by atoms with van der Waals surface area (Å²) >= 11 is 0. The number of carboxylic acid groups (broad SMARTS) is 1. The second-order valence-corrected chi connectivity index (χ2v) is 4.74. The number of hydrogen-bond donors (Lipinski definition) is 1. The van der Waals surface area contributed by atoms with Gasteiger partial charge in [0.2, 0.25) is 0 Å². The maximum absolute atomic E-state index is 10.9. The molecule has 110 valence electrons. The third kappa shape index (κ3) is 3.75. The van der Waals surface area contributed by atoms with Crippen LogP contribution in [0.1, 0.15) is 24.0 Å². The van der Waals surface area contributed by atoms with E-state index in [1.807, 2.05) is 48.5 Å². The smallest absolute Gasteiger partial charge is 0.310 e. The summed E-state index contributed by atoms with van der Waals surface area (Å²) in [5.41, 5.74) is 1.76. The van der Waals surface area contributed by atoms with Crippen molar-refractivity contribution in [1.82, 2.24) is 0 Å². The quantitative estimate of drug-likeness (QED) is 0.883. The van der Waals surface area contributed by atoms with E-state index in [0.717, 1.165) is 11.1 Å². The highest BCUT2D eigenvalue weighted by molar-refractivity contribution is 5.75. The standard InChI is InChI=1S/C17H18O4/c1-12(17(18)19)14-9-7-13(8-10-14)11-21-16-6-4-3-5-15(16)20-2/h3-10,12H,11H2,1-2H3,(H,18,19). The first-order valence-electron chi connectivity index (χ1n) is 6.69. The Kier molecular flexibility index (Phi) is 4.82. The molecule has 0 radical (unpaired) electrons. The molecular formula is C17H18O4. The van der Waals surface area contributed by atoms with Crippen LogP contribution in [0.4, 0.5) is 0 Å². The molecular weight excluding hydrogens is 268 g/mol. The fourth-order valence-corrected chi connectivity index (χ4v) is 1.94. The van der Waals surface area contributed by atoms with E-state index in [2.05, 4.69) is 0 Å². The molecule has 0 aliphatic heterocycles. The lowest BCUT2D eigenvalue weighted by atomic mass is 10.0. The molecule has 21 heavy (non-hydrogen) atoms. The van der Waals surface area contributed by atoms with Crippen LogP contribution in [0.15, 0.2) is 48.5 Å². The number of carboxylic acids is 1. The van der Waals surface area contributed by atoms with Crippen molar-refractivity contribution in [3.8, 4) is 11.5 Å². The fourth-order valence-electron chi connectivity index (χ4n) is 1.94. The van der Waals surface area contributed by atoms with Gasteiger partial charge < -0.3 is 14.6 Å². The minimum atomic E-state index is -0.826. The highest BCUT2D eigenvalue weighted by Crippen LogP contribution is 2.26. The molecule has 0 saturated carbocycles. The number of para-hydroxylation sites is 2. The van der Waals surface area contributed by atoms with Crippen LogP contribution < -0.4 is 9.47 Å². The highest BCUT2D eigenvalue weighted by Gasteiger charge is 2.13. The lowest BCUT2D eigenvalue weighted by Crippen LogP contribution is -2.07. The Hall–Kier alpha value is -2.49. The van der Waals surface area contributed by atoms with Crippen molar-refractivity contribution >= 4 is 5.97 Å². The molecule has 2 aromatic carbocycles. The van der Waals surface area contributed by atoms with E-state index < -0.39 is 11.9 Å². The van der Waals surface area contributed by atoms with Crippen LogP contribution in [0.25, 0.3) is 0 Å². The fraction of sp³-hybridized carbons (Fsp3) is 0.235. The minimum absolute atomic E-state index is 0.405. The SMILES string of the molecule is COc1ccccc1OCc1ccc(C(C)C(=O)O)cc1. The van der Waals surface area contributed by atoms with Crippen LogP contribution in [-0.2, 0) is 11.4 Å². The van der Waals surface area contributed by atoms with E-state index >= 15 is 0 Å². The zero-order valence-corrected chi connectivity index (χ0v) is 12.1. The van der Waals surface area contributed by atoms with Crippen molar-refractivity contribution in [2.75, 3.05) is 7.11 Å². The van der Waals surface area contributed by atoms with Gasteiger partial charge in [0.25, 0.3) is 0 Å². The molecule has 0 bridgehead atoms. The zero-order valence-electron chi connectivity index (χ0n) is 12.1. The molecule has 0 aliphatic rings. The lowest BCUT2D eigenvalue weighted by molar-refractivity contribution is -0.138. The summed E-state index contributed by atoms with van der Waals surface area (Å²) in [5.74, 6) is 0.0406. The average molecular weight is 286 g/mol. The average Bonchev–Trinajstić information content (AvgIpc) is 2.52. The number of aliphatic carboxylic acids is 1. The second kappa shape index (κ2) is 6.79. The Bertz CT molecular complexity index is 604. The first-order valence-corrected chi connectivity index (χ1v) is 6.69. The van der Waals surface area contributed by atoms with Gasteiger partial charge in [-0.15, -0.1) is 0 Å². The third-order valence-electron chi connectivity index (χ3n) is 3.31. The number of hydrogen-bond acceptors (Lipinski definition) is 3. The van der Waals surface area contributed by atoms with Gasteiger partial charge in [-0.1, -0.05) is 36.4 Å². The largest absolute Gasteiger partial charge is 0.493 e. The van der Waals surface area contributed by atoms with E-state index in [1.54, 1.807) is 14.0 Å². The molecule has 4 nitrogen and oxygen atoms in total. The molecule has 0 amide bonds. The Morgan fingerprint density at radius 1 is 1.10 bits per heavy atom. The van der Waals surface area contributed by atoms with E-state index in [-0.39, 0.29) is 0 Å². The summed E-state index contributed by atoms with van der Waals surface area (Å²) in [6.45, 7) is 2.07. The summed E-state index contributed by atoms with van der Waals surface area (Å²) in [5, 5.41) is 8.98. The number of rotatable bonds is 6. The van der Waals surface area contributed by atoms with Gasteiger partial charge in [-0.25, -0.2) is 0 Å². The Balaban J connectivity index is 2.02. The van der Waals surface area contributed by atoms with Crippen molar-refractivity contribution in [3.63, 3.8) is 0 Å². The van der Waals surface area contributed by atoms with Crippen LogP contribution in [0.5, 0.6) is 11.5 Å². The highest BCUT2D eigenvalue weighted by atomic mass is 16.5. The number of ether oxygens (including phenoxy) is 2. The van der Waals surface area contributed by atoms with Crippen molar-refractivity contribution in [2.45, 2.75) is 19.4 Å². The van der Waals surface area contributed by atoms with Crippen molar-refractivity contribution in [1.29, 1.82) is 0 Å². The predicted octanol–water partition coefficient (Wildman–Crippen LogP) is 3.46. The molecule has 0 heterocycles. The number of methoxy groups -OCH3 is 1. The van der Waals surface area contributed by atoms with Crippen LogP contribution in [0.3, 0.4) is 0 Å². The monoisotopic (exact) mass is 286 g/mol. The van der Waals surface area contributed by atoms with E-state index in [9.17, 15) is 4.79 Å². The van der Waals surface area contributed by atoms with Gasteiger partial charge in [-0.3, -0.25) is 4.79 Å². The summed E-state index contributed by atoms with van der Waals surface area (Å²) in [6, 6.07) is 14.9. The van der Waals surface area contributed by atoms with Gasteiger partial charge >= 0.3 is 5.97 Å². The zero-order chi connectivity index (χ0) is 15.2. The van der Waals surface area contributed by atoms with Crippen LogP contribution >= 0.6 is 0 Å². The van der Waals surface area contributed by atoms with Crippen LogP contribution in [-0.4, -0.2) is 18.2 Å². The maximum atomic E-state index is 10.9. The van der Waals surface area contributed by atoms with Gasteiger partial charge in [0.05, 0.1) is 13.0 Å². The number of carbonyl (C=O) groups is 1. The molecule has 1 atom stereocenters.